The van der Waals surface area contributed by atoms with Gasteiger partial charge in [-0.3, -0.25) is 4.90 Å². The van der Waals surface area contributed by atoms with Gasteiger partial charge in [0, 0.05) is 18.2 Å². The molecule has 0 spiro atoms. The summed E-state index contributed by atoms with van der Waals surface area (Å²) >= 11 is 0. The van der Waals surface area contributed by atoms with Gasteiger partial charge in [0.05, 0.1) is 12.8 Å². The molecular weight excluding hydrogens is 302 g/mol. The van der Waals surface area contributed by atoms with Crippen LogP contribution in [-0.4, -0.2) is 31.6 Å². The molecule has 0 aliphatic rings. The summed E-state index contributed by atoms with van der Waals surface area (Å²) in [5.74, 6) is 2.18. The van der Waals surface area contributed by atoms with Gasteiger partial charge >= 0.3 is 0 Å². The Morgan fingerprint density at radius 1 is 1.08 bits per heavy atom. The van der Waals surface area contributed by atoms with Gasteiger partial charge in [0.15, 0.2) is 0 Å². The first-order valence-electron chi connectivity index (χ1n) is 8.22. The van der Waals surface area contributed by atoms with Crippen LogP contribution in [-0.2, 0) is 13.1 Å². The highest BCUT2D eigenvalue weighted by atomic mass is 16.3. The van der Waals surface area contributed by atoms with E-state index in [1.54, 1.807) is 6.26 Å². The van der Waals surface area contributed by atoms with Crippen molar-refractivity contribution in [2.24, 2.45) is 5.92 Å². The molecule has 3 aromatic rings. The predicted molar refractivity (Wildman–Crippen MR) is 91.9 cm³/mol. The second-order valence-corrected chi connectivity index (χ2v) is 6.40. The number of benzene rings is 1. The van der Waals surface area contributed by atoms with Crippen LogP contribution in [0.4, 0.5) is 0 Å². The molecule has 1 N–H and O–H groups in total. The van der Waals surface area contributed by atoms with E-state index in [0.717, 1.165) is 24.4 Å². The Morgan fingerprint density at radius 3 is 2.46 bits per heavy atom. The molecule has 0 radical (unpaired) electrons. The van der Waals surface area contributed by atoms with Gasteiger partial charge in [-0.15, -0.1) is 10.2 Å². The second kappa shape index (κ2) is 7.40. The van der Waals surface area contributed by atoms with Gasteiger partial charge in [-0.25, -0.2) is 0 Å². The van der Waals surface area contributed by atoms with Crippen LogP contribution in [0.1, 0.15) is 32.1 Å². The van der Waals surface area contributed by atoms with E-state index in [2.05, 4.69) is 58.4 Å². The number of nitrogens with one attached hydrogen (secondary N) is 1. The van der Waals surface area contributed by atoms with Crippen molar-refractivity contribution in [2.45, 2.75) is 39.9 Å². The summed E-state index contributed by atoms with van der Waals surface area (Å²) in [7, 11) is 0. The van der Waals surface area contributed by atoms with Crippen molar-refractivity contribution >= 4 is 0 Å². The van der Waals surface area contributed by atoms with Crippen LogP contribution in [0.3, 0.4) is 0 Å². The third kappa shape index (κ3) is 3.89. The van der Waals surface area contributed by atoms with E-state index in [9.17, 15) is 0 Å². The summed E-state index contributed by atoms with van der Waals surface area (Å²) in [6.45, 7) is 8.44. The Kier molecular flexibility index (Phi) is 5.05. The van der Waals surface area contributed by atoms with Crippen LogP contribution >= 0.6 is 0 Å². The molecule has 0 saturated heterocycles. The van der Waals surface area contributed by atoms with Gasteiger partial charge in [0.1, 0.15) is 5.76 Å². The Balaban J connectivity index is 1.74. The van der Waals surface area contributed by atoms with Crippen molar-refractivity contribution in [3.63, 3.8) is 0 Å². The molecule has 2 heterocycles. The molecule has 0 aliphatic carbocycles. The maximum atomic E-state index is 5.53. The summed E-state index contributed by atoms with van der Waals surface area (Å²) in [4.78, 5) is 2.44. The third-order valence-electron chi connectivity index (χ3n) is 4.42. The van der Waals surface area contributed by atoms with Crippen molar-refractivity contribution in [2.75, 3.05) is 0 Å². The van der Waals surface area contributed by atoms with E-state index in [-0.39, 0.29) is 0 Å². The highest BCUT2D eigenvalue weighted by Gasteiger charge is 2.19. The lowest BCUT2D eigenvalue weighted by Crippen LogP contribution is -2.35. The molecule has 24 heavy (non-hydrogen) atoms. The Bertz CT molecular complexity index is 719. The number of aromatic nitrogens is 4. The van der Waals surface area contributed by atoms with E-state index in [0.29, 0.717) is 17.8 Å². The molecule has 6 heteroatoms. The fraction of sp³-hybridized carbons (Fsp3) is 0.389. The molecule has 1 aromatic carbocycles. The lowest BCUT2D eigenvalue weighted by atomic mass is 10.0. The monoisotopic (exact) mass is 325 g/mol. The number of hydrogen-bond acceptors (Lipinski definition) is 5. The van der Waals surface area contributed by atoms with Crippen molar-refractivity contribution < 1.29 is 4.42 Å². The lowest BCUT2D eigenvalue weighted by molar-refractivity contribution is 0.140. The van der Waals surface area contributed by atoms with Crippen LogP contribution in [0.2, 0.25) is 0 Å². The van der Waals surface area contributed by atoms with E-state index in [4.69, 9.17) is 4.42 Å². The number of aromatic amines is 1. The number of rotatable bonds is 7. The van der Waals surface area contributed by atoms with Gasteiger partial charge in [-0.2, -0.15) is 5.21 Å². The molecule has 0 bridgehead atoms. The molecule has 1 unspecified atom stereocenters. The van der Waals surface area contributed by atoms with Gasteiger partial charge in [0.2, 0.25) is 5.82 Å². The quantitative estimate of drug-likeness (QED) is 0.720. The SMILES string of the molecule is CC(C)C(C)N(Cc1ccc(-c2nn[nH]n2)cc1)Cc1ccco1. The van der Waals surface area contributed by atoms with Crippen molar-refractivity contribution in [3.05, 3.63) is 54.0 Å². The summed E-state index contributed by atoms with van der Waals surface area (Å²) < 4.78 is 5.53. The Morgan fingerprint density at radius 2 is 1.88 bits per heavy atom. The molecule has 0 aliphatic heterocycles. The van der Waals surface area contributed by atoms with Gasteiger partial charge < -0.3 is 4.42 Å². The zero-order chi connectivity index (χ0) is 16.9. The van der Waals surface area contributed by atoms with Crippen molar-refractivity contribution in [1.29, 1.82) is 0 Å². The zero-order valence-corrected chi connectivity index (χ0v) is 14.3. The summed E-state index contributed by atoms with van der Waals surface area (Å²) in [5.41, 5.74) is 2.21. The van der Waals surface area contributed by atoms with Crippen LogP contribution in [0.25, 0.3) is 11.4 Å². The number of hydrogen-bond donors (Lipinski definition) is 1. The molecular formula is C18H23N5O. The Labute approximate surface area is 141 Å². The van der Waals surface area contributed by atoms with Crippen LogP contribution in [0.15, 0.2) is 47.1 Å². The summed E-state index contributed by atoms with van der Waals surface area (Å²) in [6, 6.07) is 12.7. The number of nitrogens with zero attached hydrogens (tertiary/aromatic N) is 4. The lowest BCUT2D eigenvalue weighted by Gasteiger charge is -2.31. The van der Waals surface area contributed by atoms with Gasteiger partial charge in [-0.05, 0) is 35.8 Å². The number of H-pyrrole nitrogens is 1. The first kappa shape index (κ1) is 16.4. The Hall–Kier alpha value is -2.47. The zero-order valence-electron chi connectivity index (χ0n) is 14.3. The minimum Gasteiger partial charge on any atom is -0.468 e. The standard InChI is InChI=1S/C18H23N5O/c1-13(2)14(3)23(12-17-5-4-10-24-17)11-15-6-8-16(9-7-15)18-19-21-22-20-18/h4-10,13-14H,11-12H2,1-3H3,(H,19,20,21,22). The third-order valence-corrected chi connectivity index (χ3v) is 4.42. The largest absolute Gasteiger partial charge is 0.468 e. The van der Waals surface area contributed by atoms with E-state index >= 15 is 0 Å². The molecule has 126 valence electrons. The van der Waals surface area contributed by atoms with Gasteiger partial charge in [-0.1, -0.05) is 38.1 Å². The highest BCUT2D eigenvalue weighted by molar-refractivity contribution is 5.54. The molecule has 3 rings (SSSR count). The molecule has 1 atom stereocenters. The van der Waals surface area contributed by atoms with Crippen LogP contribution < -0.4 is 0 Å². The molecule has 0 amide bonds. The molecule has 0 saturated carbocycles. The maximum absolute atomic E-state index is 5.53. The summed E-state index contributed by atoms with van der Waals surface area (Å²) in [6.07, 6.45) is 1.73. The predicted octanol–water partition coefficient (Wildman–Crippen LogP) is 3.51. The second-order valence-electron chi connectivity index (χ2n) is 6.40. The minimum absolute atomic E-state index is 0.451. The fourth-order valence-corrected chi connectivity index (χ4v) is 2.65. The summed E-state index contributed by atoms with van der Waals surface area (Å²) in [5, 5.41) is 14.1. The van der Waals surface area contributed by atoms with Crippen molar-refractivity contribution in [1.82, 2.24) is 25.5 Å². The van der Waals surface area contributed by atoms with Crippen LogP contribution in [0, 0.1) is 5.92 Å². The maximum Gasteiger partial charge on any atom is 0.204 e. The van der Waals surface area contributed by atoms with E-state index < -0.39 is 0 Å². The minimum atomic E-state index is 0.451. The topological polar surface area (TPSA) is 70.8 Å². The highest BCUT2D eigenvalue weighted by Crippen LogP contribution is 2.20. The fourth-order valence-electron chi connectivity index (χ4n) is 2.65. The average Bonchev–Trinajstić information content (AvgIpc) is 3.28. The number of tetrazole rings is 1. The normalized spacial score (nSPS) is 12.9. The van der Waals surface area contributed by atoms with Crippen molar-refractivity contribution in [3.8, 4) is 11.4 Å². The molecule has 6 nitrogen and oxygen atoms in total. The molecule has 0 fully saturated rings. The number of furan rings is 1. The first-order valence-corrected chi connectivity index (χ1v) is 8.22. The smallest absolute Gasteiger partial charge is 0.204 e. The first-order chi connectivity index (χ1) is 11.6. The van der Waals surface area contributed by atoms with Gasteiger partial charge in [0.25, 0.3) is 0 Å². The molecule has 2 aromatic heterocycles. The van der Waals surface area contributed by atoms with Crippen LogP contribution in [0.5, 0.6) is 0 Å². The van der Waals surface area contributed by atoms with E-state index in [1.165, 1.54) is 5.56 Å². The average molecular weight is 325 g/mol. The van der Waals surface area contributed by atoms with E-state index in [1.807, 2.05) is 24.3 Å².